The number of carbonyl (C=O) groups excluding carboxylic acids is 2. The Labute approximate surface area is 77.8 Å². The van der Waals surface area contributed by atoms with Gasteiger partial charge in [-0.3, -0.25) is 4.79 Å². The van der Waals surface area contributed by atoms with E-state index in [0.29, 0.717) is 13.0 Å². The zero-order valence-corrected chi connectivity index (χ0v) is 8.24. The number of Topliss-reactive ketones (excluding diaryl/α,β-unsaturated/α-hetero) is 1. The van der Waals surface area contributed by atoms with Crippen LogP contribution in [0.25, 0.3) is 0 Å². The van der Waals surface area contributed by atoms with Crippen LogP contribution in [0, 0.1) is 5.92 Å². The molecule has 1 aliphatic rings. The Balaban J connectivity index is 2.66. The van der Waals surface area contributed by atoms with E-state index in [9.17, 15) is 9.59 Å². The molecule has 1 saturated heterocycles. The molecule has 0 aromatic rings. The molecule has 0 aliphatic carbocycles. The average molecular weight is 185 g/mol. The smallest absolute Gasteiger partial charge is 0.409 e. The second-order valence-electron chi connectivity index (χ2n) is 3.54. The summed E-state index contributed by atoms with van der Waals surface area (Å²) in [5.41, 5.74) is 0. The summed E-state index contributed by atoms with van der Waals surface area (Å²) in [5.74, 6) is 0.169. The molecule has 2 atom stereocenters. The zero-order valence-electron chi connectivity index (χ0n) is 8.24. The van der Waals surface area contributed by atoms with Crippen LogP contribution in [0.3, 0.4) is 0 Å². The SMILES string of the molecule is COC(=O)N1CC(C)C(=O)CC1C. The van der Waals surface area contributed by atoms with Gasteiger partial charge in [0.05, 0.1) is 7.11 Å². The van der Waals surface area contributed by atoms with Crippen molar-refractivity contribution in [3.8, 4) is 0 Å². The van der Waals surface area contributed by atoms with Crippen molar-refractivity contribution in [2.45, 2.75) is 26.3 Å². The Kier molecular flexibility index (Phi) is 2.90. The van der Waals surface area contributed by atoms with Crippen LogP contribution in [-0.2, 0) is 9.53 Å². The first kappa shape index (κ1) is 10.0. The van der Waals surface area contributed by atoms with Gasteiger partial charge < -0.3 is 9.64 Å². The quantitative estimate of drug-likeness (QED) is 0.566. The van der Waals surface area contributed by atoms with Crippen molar-refractivity contribution in [3.05, 3.63) is 0 Å². The Hall–Kier alpha value is -1.06. The van der Waals surface area contributed by atoms with E-state index < -0.39 is 0 Å². The Morgan fingerprint density at radius 2 is 2.15 bits per heavy atom. The fourth-order valence-electron chi connectivity index (χ4n) is 1.55. The number of carbonyl (C=O) groups is 2. The van der Waals surface area contributed by atoms with Crippen LogP contribution in [0.5, 0.6) is 0 Å². The molecule has 0 saturated carbocycles. The fraction of sp³-hybridized carbons (Fsp3) is 0.778. The van der Waals surface area contributed by atoms with Gasteiger partial charge in [0.2, 0.25) is 0 Å². The normalized spacial score (nSPS) is 28.8. The van der Waals surface area contributed by atoms with Crippen molar-refractivity contribution in [3.63, 3.8) is 0 Å². The predicted octanol–water partition coefficient (Wildman–Crippen LogP) is 1.05. The maximum absolute atomic E-state index is 11.3. The van der Waals surface area contributed by atoms with E-state index in [1.165, 1.54) is 7.11 Å². The summed E-state index contributed by atoms with van der Waals surface area (Å²) >= 11 is 0. The molecule has 0 N–H and O–H groups in total. The fourth-order valence-corrected chi connectivity index (χ4v) is 1.55. The maximum atomic E-state index is 11.3. The standard InChI is InChI=1S/C9H15NO3/c1-6-5-10(9(12)13-3)7(2)4-8(6)11/h6-7H,4-5H2,1-3H3. The third-order valence-corrected chi connectivity index (χ3v) is 2.46. The summed E-state index contributed by atoms with van der Waals surface area (Å²) < 4.78 is 4.62. The summed E-state index contributed by atoms with van der Waals surface area (Å²) in [6.45, 7) is 4.18. The molecule has 0 spiro atoms. The van der Waals surface area contributed by atoms with Gasteiger partial charge in [-0.15, -0.1) is 0 Å². The van der Waals surface area contributed by atoms with Crippen molar-refractivity contribution in [1.82, 2.24) is 4.90 Å². The summed E-state index contributed by atoms with van der Waals surface area (Å²) in [7, 11) is 1.36. The van der Waals surface area contributed by atoms with E-state index in [1.807, 2.05) is 13.8 Å². The highest BCUT2D eigenvalue weighted by molar-refractivity contribution is 5.84. The average Bonchev–Trinajstić information content (AvgIpc) is 2.10. The molecule has 0 aromatic carbocycles. The van der Waals surface area contributed by atoms with Gasteiger partial charge in [0.15, 0.2) is 0 Å². The topological polar surface area (TPSA) is 46.6 Å². The number of amides is 1. The van der Waals surface area contributed by atoms with Crippen molar-refractivity contribution in [1.29, 1.82) is 0 Å². The molecule has 4 nitrogen and oxygen atoms in total. The van der Waals surface area contributed by atoms with Gasteiger partial charge in [-0.25, -0.2) is 4.79 Å². The van der Waals surface area contributed by atoms with Crippen LogP contribution < -0.4 is 0 Å². The molecule has 2 unspecified atom stereocenters. The van der Waals surface area contributed by atoms with Crippen LogP contribution in [0.1, 0.15) is 20.3 Å². The first-order valence-electron chi connectivity index (χ1n) is 4.43. The van der Waals surface area contributed by atoms with Gasteiger partial charge >= 0.3 is 6.09 Å². The Morgan fingerprint density at radius 3 is 2.69 bits per heavy atom. The molecular formula is C9H15NO3. The van der Waals surface area contributed by atoms with Gasteiger partial charge in [-0.05, 0) is 6.92 Å². The largest absolute Gasteiger partial charge is 0.453 e. The number of nitrogens with zero attached hydrogens (tertiary/aromatic N) is 1. The summed E-state index contributed by atoms with van der Waals surface area (Å²) in [6, 6.07) is -0.0313. The van der Waals surface area contributed by atoms with Crippen LogP contribution in [-0.4, -0.2) is 36.5 Å². The van der Waals surface area contributed by atoms with Crippen molar-refractivity contribution in [2.75, 3.05) is 13.7 Å². The Bertz CT molecular complexity index is 227. The third-order valence-electron chi connectivity index (χ3n) is 2.46. The molecule has 74 valence electrons. The second-order valence-corrected chi connectivity index (χ2v) is 3.54. The van der Waals surface area contributed by atoms with E-state index in [4.69, 9.17) is 0 Å². The molecule has 0 radical (unpaired) electrons. The molecule has 1 aliphatic heterocycles. The second kappa shape index (κ2) is 3.77. The molecule has 1 amide bonds. The lowest BCUT2D eigenvalue weighted by molar-refractivity contribution is -0.126. The van der Waals surface area contributed by atoms with E-state index in [1.54, 1.807) is 4.90 Å². The number of ether oxygens (including phenoxy) is 1. The summed E-state index contributed by atoms with van der Waals surface area (Å²) in [6.07, 6.45) is 0.0999. The maximum Gasteiger partial charge on any atom is 0.409 e. The van der Waals surface area contributed by atoms with Crippen LogP contribution in [0.4, 0.5) is 4.79 Å². The molecule has 1 heterocycles. The van der Waals surface area contributed by atoms with Crippen molar-refractivity contribution in [2.24, 2.45) is 5.92 Å². The highest BCUT2D eigenvalue weighted by atomic mass is 16.5. The number of hydrogen-bond acceptors (Lipinski definition) is 3. The number of hydrogen-bond donors (Lipinski definition) is 0. The number of rotatable bonds is 0. The molecule has 0 bridgehead atoms. The third kappa shape index (κ3) is 1.99. The van der Waals surface area contributed by atoms with Gasteiger partial charge in [0, 0.05) is 24.9 Å². The Morgan fingerprint density at radius 1 is 1.54 bits per heavy atom. The summed E-state index contributed by atoms with van der Waals surface area (Å²) in [4.78, 5) is 24.1. The van der Waals surface area contributed by atoms with Gasteiger partial charge in [0.25, 0.3) is 0 Å². The van der Waals surface area contributed by atoms with Crippen LogP contribution in [0.15, 0.2) is 0 Å². The lowest BCUT2D eigenvalue weighted by Gasteiger charge is -2.34. The number of likely N-dealkylation sites (tertiary alicyclic amines) is 1. The number of methoxy groups -OCH3 is 1. The van der Waals surface area contributed by atoms with Crippen molar-refractivity contribution >= 4 is 11.9 Å². The molecule has 13 heavy (non-hydrogen) atoms. The highest BCUT2D eigenvalue weighted by Gasteiger charge is 2.32. The lowest BCUT2D eigenvalue weighted by atomic mass is 9.94. The first-order valence-corrected chi connectivity index (χ1v) is 4.43. The van der Waals surface area contributed by atoms with E-state index in [2.05, 4.69) is 4.74 Å². The van der Waals surface area contributed by atoms with Crippen LogP contribution in [0.2, 0.25) is 0 Å². The summed E-state index contributed by atoms with van der Waals surface area (Å²) in [5, 5.41) is 0. The van der Waals surface area contributed by atoms with E-state index in [0.717, 1.165) is 0 Å². The molecule has 1 fully saturated rings. The molecule has 4 heteroatoms. The first-order chi connectivity index (χ1) is 6.06. The monoisotopic (exact) mass is 185 g/mol. The minimum atomic E-state index is -0.341. The van der Waals surface area contributed by atoms with Crippen molar-refractivity contribution < 1.29 is 14.3 Å². The number of ketones is 1. The minimum Gasteiger partial charge on any atom is -0.453 e. The number of piperidine rings is 1. The van der Waals surface area contributed by atoms with Gasteiger partial charge in [-0.2, -0.15) is 0 Å². The minimum absolute atomic E-state index is 0.0313. The highest BCUT2D eigenvalue weighted by Crippen LogP contribution is 2.18. The predicted molar refractivity (Wildman–Crippen MR) is 47.4 cm³/mol. The zero-order chi connectivity index (χ0) is 10.0. The molecule has 1 rings (SSSR count). The van der Waals surface area contributed by atoms with E-state index in [-0.39, 0.29) is 23.8 Å². The van der Waals surface area contributed by atoms with Gasteiger partial charge in [0.1, 0.15) is 5.78 Å². The van der Waals surface area contributed by atoms with Crippen LogP contribution >= 0.6 is 0 Å². The van der Waals surface area contributed by atoms with Gasteiger partial charge in [-0.1, -0.05) is 6.92 Å². The van der Waals surface area contributed by atoms with E-state index >= 15 is 0 Å². The lowest BCUT2D eigenvalue weighted by Crippen LogP contribution is -2.48. The molecule has 0 aromatic heterocycles. The molecular weight excluding hydrogens is 170 g/mol.